The van der Waals surface area contributed by atoms with Crippen LogP contribution in [0.5, 0.6) is 0 Å². The predicted molar refractivity (Wildman–Crippen MR) is 119 cm³/mol. The molecule has 152 valence electrons. The first-order valence-corrected chi connectivity index (χ1v) is 11.2. The lowest BCUT2D eigenvalue weighted by atomic mass is 9.99. The molecule has 1 aromatic carbocycles. The van der Waals surface area contributed by atoms with Gasteiger partial charge in [0.2, 0.25) is 5.91 Å². The molecule has 5 nitrogen and oxygen atoms in total. The van der Waals surface area contributed by atoms with Crippen molar-refractivity contribution in [2.75, 3.05) is 18.4 Å². The smallest absolute Gasteiger partial charge is 0.230 e. The van der Waals surface area contributed by atoms with Crippen LogP contribution >= 0.6 is 11.3 Å². The zero-order valence-electron chi connectivity index (χ0n) is 17.4. The third-order valence-electron chi connectivity index (χ3n) is 5.88. The number of hydrogen-bond acceptors (Lipinski definition) is 5. The molecule has 1 aliphatic rings. The van der Waals surface area contributed by atoms with Crippen molar-refractivity contribution >= 4 is 33.3 Å². The molecule has 0 unspecified atom stereocenters. The van der Waals surface area contributed by atoms with E-state index in [1.165, 1.54) is 24.2 Å². The molecule has 1 aliphatic heterocycles. The molecule has 1 saturated heterocycles. The van der Waals surface area contributed by atoms with Crippen LogP contribution in [0, 0.1) is 19.8 Å². The van der Waals surface area contributed by atoms with Crippen molar-refractivity contribution < 1.29 is 4.79 Å². The fraction of sp³-hybridized carbons (Fsp3) is 0.435. The van der Waals surface area contributed by atoms with Crippen molar-refractivity contribution in [3.05, 3.63) is 52.2 Å². The highest BCUT2D eigenvalue weighted by Gasteiger charge is 2.18. The maximum Gasteiger partial charge on any atom is 0.230 e. The summed E-state index contributed by atoms with van der Waals surface area (Å²) in [6.45, 7) is 9.50. The largest absolute Gasteiger partial charge is 0.302 e. The fourth-order valence-electron chi connectivity index (χ4n) is 4.04. The number of thiazole rings is 1. The van der Waals surface area contributed by atoms with E-state index in [1.54, 1.807) is 0 Å². The van der Waals surface area contributed by atoms with Gasteiger partial charge in [-0.3, -0.25) is 14.7 Å². The molecular formula is C23H28N4OS. The fourth-order valence-corrected chi connectivity index (χ4v) is 4.76. The molecule has 0 bridgehead atoms. The van der Waals surface area contributed by atoms with Crippen LogP contribution in [0.1, 0.15) is 42.3 Å². The van der Waals surface area contributed by atoms with Crippen LogP contribution in [0.2, 0.25) is 0 Å². The van der Waals surface area contributed by atoms with Crippen LogP contribution in [0.4, 0.5) is 5.13 Å². The van der Waals surface area contributed by atoms with Gasteiger partial charge in [0.05, 0.1) is 17.6 Å². The summed E-state index contributed by atoms with van der Waals surface area (Å²) in [7, 11) is 0. The number of hydrogen-bond donors (Lipinski definition) is 1. The minimum Gasteiger partial charge on any atom is -0.302 e. The quantitative estimate of drug-likeness (QED) is 0.664. The number of carbonyl (C=O) groups excluding carboxylic acids is 1. The van der Waals surface area contributed by atoms with E-state index in [-0.39, 0.29) is 5.91 Å². The highest BCUT2D eigenvalue weighted by molar-refractivity contribution is 7.13. The molecule has 4 rings (SSSR count). The lowest BCUT2D eigenvalue weighted by Crippen LogP contribution is -2.32. The van der Waals surface area contributed by atoms with Gasteiger partial charge in [0.25, 0.3) is 0 Å². The highest BCUT2D eigenvalue weighted by Crippen LogP contribution is 2.24. The molecule has 6 heteroatoms. The van der Waals surface area contributed by atoms with E-state index in [9.17, 15) is 4.79 Å². The second kappa shape index (κ2) is 8.59. The summed E-state index contributed by atoms with van der Waals surface area (Å²) in [6.07, 6.45) is 2.83. The molecule has 0 spiro atoms. The second-order valence-corrected chi connectivity index (χ2v) is 9.00. The van der Waals surface area contributed by atoms with Crippen molar-refractivity contribution in [2.24, 2.45) is 5.92 Å². The van der Waals surface area contributed by atoms with E-state index in [0.29, 0.717) is 11.6 Å². The summed E-state index contributed by atoms with van der Waals surface area (Å²) in [6, 6.07) is 8.08. The summed E-state index contributed by atoms with van der Waals surface area (Å²) in [5.74, 6) is 0.786. The van der Waals surface area contributed by atoms with Crippen molar-refractivity contribution in [3.63, 3.8) is 0 Å². The minimum absolute atomic E-state index is 0.0408. The normalized spacial score (nSPS) is 15.7. The Hall–Kier alpha value is -2.31. The van der Waals surface area contributed by atoms with Gasteiger partial charge in [0.1, 0.15) is 0 Å². The number of para-hydroxylation sites is 1. The summed E-state index contributed by atoms with van der Waals surface area (Å²) >= 11 is 1.50. The van der Waals surface area contributed by atoms with Gasteiger partial charge in [-0.1, -0.05) is 25.1 Å². The number of anilines is 1. The Bertz CT molecular complexity index is 1020. The summed E-state index contributed by atoms with van der Waals surface area (Å²) in [5.41, 5.74) is 5.06. The third kappa shape index (κ3) is 4.65. The number of rotatable bonds is 5. The van der Waals surface area contributed by atoms with E-state index in [4.69, 9.17) is 0 Å². The molecule has 1 N–H and O–H groups in total. The second-order valence-electron chi connectivity index (χ2n) is 8.15. The number of nitrogens with one attached hydrogen (secondary N) is 1. The van der Waals surface area contributed by atoms with Gasteiger partial charge >= 0.3 is 0 Å². The first-order valence-electron chi connectivity index (χ1n) is 10.3. The minimum atomic E-state index is -0.0408. The van der Waals surface area contributed by atoms with Crippen molar-refractivity contribution in [1.29, 1.82) is 0 Å². The van der Waals surface area contributed by atoms with Crippen LogP contribution in [0.25, 0.3) is 10.9 Å². The molecule has 0 aliphatic carbocycles. The number of benzene rings is 1. The first-order chi connectivity index (χ1) is 14.0. The Balaban J connectivity index is 1.40. The molecule has 1 fully saturated rings. The average Bonchev–Trinajstić information content (AvgIpc) is 3.13. The zero-order chi connectivity index (χ0) is 20.4. The molecular weight excluding hydrogens is 380 g/mol. The van der Waals surface area contributed by atoms with E-state index in [1.807, 2.05) is 25.1 Å². The van der Waals surface area contributed by atoms with Gasteiger partial charge in [-0.15, -0.1) is 11.3 Å². The SMILES string of the molecule is Cc1nc2ccccc2c(C)c1CC(=O)Nc1nc(CN2CCC(C)CC2)cs1. The zero-order valence-corrected chi connectivity index (χ0v) is 18.2. The Labute approximate surface area is 176 Å². The maximum atomic E-state index is 12.7. The average molecular weight is 409 g/mol. The lowest BCUT2D eigenvalue weighted by molar-refractivity contribution is -0.115. The number of fused-ring (bicyclic) bond motifs is 1. The van der Waals surface area contributed by atoms with Crippen LogP contribution in [-0.4, -0.2) is 33.9 Å². The number of likely N-dealkylation sites (tertiary alicyclic amines) is 1. The monoisotopic (exact) mass is 408 g/mol. The summed E-state index contributed by atoms with van der Waals surface area (Å²) in [4.78, 5) is 24.4. The Morgan fingerprint density at radius 2 is 1.97 bits per heavy atom. The van der Waals surface area contributed by atoms with Crippen molar-refractivity contribution in [1.82, 2.24) is 14.9 Å². The molecule has 3 heterocycles. The van der Waals surface area contributed by atoms with Crippen molar-refractivity contribution in [2.45, 2.75) is 46.6 Å². The van der Waals surface area contributed by atoms with E-state index in [2.05, 4.69) is 45.5 Å². The van der Waals surface area contributed by atoms with E-state index < -0.39 is 0 Å². The molecule has 2 aromatic heterocycles. The summed E-state index contributed by atoms with van der Waals surface area (Å²) < 4.78 is 0. The van der Waals surface area contributed by atoms with E-state index >= 15 is 0 Å². The van der Waals surface area contributed by atoms with Crippen LogP contribution < -0.4 is 5.32 Å². The van der Waals surface area contributed by atoms with Crippen LogP contribution in [-0.2, 0) is 17.8 Å². The van der Waals surface area contributed by atoms with Gasteiger partial charge < -0.3 is 5.32 Å². The Kier molecular flexibility index (Phi) is 5.92. The molecule has 1 amide bonds. The van der Waals surface area contributed by atoms with Gasteiger partial charge in [-0.2, -0.15) is 0 Å². The molecule has 0 atom stereocenters. The van der Waals surface area contributed by atoms with Gasteiger partial charge in [0, 0.05) is 23.0 Å². The third-order valence-corrected chi connectivity index (χ3v) is 6.69. The van der Waals surface area contributed by atoms with Crippen LogP contribution in [0.3, 0.4) is 0 Å². The summed E-state index contributed by atoms with van der Waals surface area (Å²) in [5, 5.41) is 6.82. The predicted octanol–water partition coefficient (Wildman–Crippen LogP) is 4.72. The number of carbonyl (C=O) groups is 1. The topological polar surface area (TPSA) is 58.1 Å². The molecule has 0 radical (unpaired) electrons. The van der Waals surface area contributed by atoms with Crippen molar-refractivity contribution in [3.8, 4) is 0 Å². The molecule has 3 aromatic rings. The van der Waals surface area contributed by atoms with E-state index in [0.717, 1.165) is 59.0 Å². The number of amides is 1. The van der Waals surface area contributed by atoms with Gasteiger partial charge in [-0.25, -0.2) is 4.98 Å². The lowest BCUT2D eigenvalue weighted by Gasteiger charge is -2.29. The Morgan fingerprint density at radius 3 is 2.76 bits per heavy atom. The number of pyridine rings is 1. The number of aryl methyl sites for hydroxylation is 2. The maximum absolute atomic E-state index is 12.7. The van der Waals surface area contributed by atoms with Gasteiger partial charge in [0.15, 0.2) is 5.13 Å². The van der Waals surface area contributed by atoms with Gasteiger partial charge in [-0.05, 0) is 62.9 Å². The number of piperidine rings is 1. The standard InChI is InChI=1S/C23H28N4OS/c1-15-8-10-27(11-9-15)13-18-14-29-23(25-18)26-22(28)12-20-16(2)19-6-4-5-7-21(19)24-17(20)3/h4-7,14-15H,8-13H2,1-3H3,(H,25,26,28). The number of nitrogens with zero attached hydrogens (tertiary/aromatic N) is 3. The Morgan fingerprint density at radius 1 is 1.21 bits per heavy atom. The first kappa shape index (κ1) is 20.0. The van der Waals surface area contributed by atoms with Crippen LogP contribution in [0.15, 0.2) is 29.6 Å². The molecule has 0 saturated carbocycles. The number of aromatic nitrogens is 2. The highest BCUT2D eigenvalue weighted by atomic mass is 32.1. The molecule has 29 heavy (non-hydrogen) atoms.